The molecule has 0 spiro atoms. The van der Waals surface area contributed by atoms with E-state index in [1.807, 2.05) is 24.8 Å². The van der Waals surface area contributed by atoms with E-state index in [-0.39, 0.29) is 29.6 Å². The van der Waals surface area contributed by atoms with Gasteiger partial charge >= 0.3 is 0 Å². The van der Waals surface area contributed by atoms with Crippen LogP contribution in [0.15, 0.2) is 30.3 Å². The highest BCUT2D eigenvalue weighted by molar-refractivity contribution is 7.22. The molecule has 0 saturated carbocycles. The molecule has 1 fully saturated rings. The van der Waals surface area contributed by atoms with Gasteiger partial charge < -0.3 is 14.5 Å². The molecule has 11 heteroatoms. The number of ether oxygens (including phenoxy) is 1. The fraction of sp³-hybridized carbons (Fsp3) is 0.462. The van der Waals surface area contributed by atoms with E-state index in [0.29, 0.717) is 50.2 Å². The van der Waals surface area contributed by atoms with Crippen molar-refractivity contribution in [2.45, 2.75) is 27.7 Å². The van der Waals surface area contributed by atoms with Crippen LogP contribution in [0.3, 0.4) is 0 Å². The molecule has 37 heavy (non-hydrogen) atoms. The number of carbonyl (C=O) groups is 1. The number of amides is 1. The average Bonchev–Trinajstić information content (AvgIpc) is 3.30. The third-order valence-electron chi connectivity index (χ3n) is 6.59. The number of nitro benzene ring substituents is 1. The molecule has 1 aliphatic heterocycles. The first-order valence-electron chi connectivity index (χ1n) is 12.4. The van der Waals surface area contributed by atoms with Crippen LogP contribution >= 0.6 is 23.7 Å². The molecule has 0 radical (unpaired) electrons. The summed E-state index contributed by atoms with van der Waals surface area (Å²) in [5, 5.41) is 12.6. The predicted molar refractivity (Wildman–Crippen MR) is 152 cm³/mol. The molecular weight excluding hydrogens is 514 g/mol. The second-order valence-corrected chi connectivity index (χ2v) is 9.95. The van der Waals surface area contributed by atoms with Gasteiger partial charge in [0.05, 0.1) is 28.4 Å². The number of hydrogen-bond acceptors (Lipinski definition) is 8. The smallest absolute Gasteiger partial charge is 0.293 e. The fourth-order valence-corrected chi connectivity index (χ4v) is 5.62. The normalized spacial score (nSPS) is 13.6. The lowest BCUT2D eigenvalue weighted by Gasteiger charge is -2.29. The van der Waals surface area contributed by atoms with Gasteiger partial charge in [-0.2, -0.15) is 0 Å². The number of nitro groups is 1. The maximum Gasteiger partial charge on any atom is 0.293 e. The van der Waals surface area contributed by atoms with Crippen molar-refractivity contribution in [3.8, 4) is 0 Å². The van der Waals surface area contributed by atoms with Gasteiger partial charge in [0.15, 0.2) is 5.13 Å². The van der Waals surface area contributed by atoms with E-state index < -0.39 is 4.92 Å². The summed E-state index contributed by atoms with van der Waals surface area (Å²) >= 11 is 1.49. The summed E-state index contributed by atoms with van der Waals surface area (Å²) < 4.78 is 6.43. The second kappa shape index (κ2) is 12.6. The lowest BCUT2D eigenvalue weighted by Crippen LogP contribution is -2.39. The Labute approximate surface area is 227 Å². The molecule has 1 amide bonds. The van der Waals surface area contributed by atoms with Gasteiger partial charge in [-0.1, -0.05) is 31.3 Å². The van der Waals surface area contributed by atoms with Crippen molar-refractivity contribution in [2.75, 3.05) is 62.3 Å². The van der Waals surface area contributed by atoms with Crippen molar-refractivity contribution in [2.24, 2.45) is 0 Å². The number of halogens is 1. The summed E-state index contributed by atoms with van der Waals surface area (Å²) in [6, 6.07) is 8.91. The molecule has 0 aliphatic carbocycles. The molecule has 1 aromatic heterocycles. The van der Waals surface area contributed by atoms with Crippen LogP contribution < -0.4 is 9.80 Å². The minimum absolute atomic E-state index is 0. The van der Waals surface area contributed by atoms with Crippen LogP contribution in [0.2, 0.25) is 0 Å². The number of hydrogen-bond donors (Lipinski definition) is 0. The molecule has 1 aliphatic rings. The number of aromatic nitrogens is 1. The summed E-state index contributed by atoms with van der Waals surface area (Å²) in [5.74, 6) is -0.285. The highest BCUT2D eigenvalue weighted by Gasteiger charge is 2.27. The monoisotopic (exact) mass is 547 g/mol. The maximum absolute atomic E-state index is 13.8. The molecular formula is C26H34ClN5O4S. The Morgan fingerprint density at radius 3 is 2.49 bits per heavy atom. The van der Waals surface area contributed by atoms with Crippen LogP contribution in [-0.2, 0) is 4.74 Å². The van der Waals surface area contributed by atoms with Crippen molar-refractivity contribution in [3.05, 3.63) is 57.1 Å². The summed E-state index contributed by atoms with van der Waals surface area (Å²) in [7, 11) is 0. The highest BCUT2D eigenvalue weighted by Crippen LogP contribution is 2.34. The van der Waals surface area contributed by atoms with Gasteiger partial charge in [-0.3, -0.25) is 19.8 Å². The molecule has 0 atom stereocenters. The Hall–Kier alpha value is -2.79. The van der Waals surface area contributed by atoms with Crippen LogP contribution in [0.5, 0.6) is 0 Å². The summed E-state index contributed by atoms with van der Waals surface area (Å²) in [5.41, 5.74) is 3.83. The van der Waals surface area contributed by atoms with Gasteiger partial charge in [-0.05, 0) is 56.3 Å². The van der Waals surface area contributed by atoms with Gasteiger partial charge in [0.2, 0.25) is 0 Å². The number of anilines is 2. The van der Waals surface area contributed by atoms with Gasteiger partial charge in [0, 0.05) is 37.8 Å². The number of carbonyl (C=O) groups excluding carboxylic acids is 1. The fourth-order valence-electron chi connectivity index (χ4n) is 4.58. The minimum atomic E-state index is -0.411. The lowest BCUT2D eigenvalue weighted by atomic mass is 10.1. The predicted octanol–water partition coefficient (Wildman–Crippen LogP) is 5.07. The molecule has 3 aromatic rings. The van der Waals surface area contributed by atoms with Crippen molar-refractivity contribution < 1.29 is 14.5 Å². The van der Waals surface area contributed by atoms with E-state index in [9.17, 15) is 14.9 Å². The zero-order valence-corrected chi connectivity index (χ0v) is 23.4. The number of fused-ring (bicyclic) bond motifs is 1. The molecule has 9 nitrogen and oxygen atoms in total. The van der Waals surface area contributed by atoms with Gasteiger partial charge in [0.25, 0.3) is 11.6 Å². The lowest BCUT2D eigenvalue weighted by molar-refractivity contribution is -0.384. The first-order valence-corrected chi connectivity index (χ1v) is 13.2. The number of nitrogens with zero attached hydrogens (tertiary/aromatic N) is 5. The number of benzene rings is 2. The molecule has 0 bridgehead atoms. The van der Waals surface area contributed by atoms with Gasteiger partial charge in [-0.25, -0.2) is 4.98 Å². The Morgan fingerprint density at radius 2 is 1.84 bits per heavy atom. The molecule has 4 rings (SSSR count). The van der Waals surface area contributed by atoms with Crippen LogP contribution in [0, 0.1) is 24.0 Å². The Morgan fingerprint density at radius 1 is 1.14 bits per heavy atom. The van der Waals surface area contributed by atoms with Crippen LogP contribution in [0.25, 0.3) is 10.2 Å². The zero-order valence-electron chi connectivity index (χ0n) is 21.7. The van der Waals surface area contributed by atoms with E-state index in [4.69, 9.17) is 9.72 Å². The summed E-state index contributed by atoms with van der Waals surface area (Å²) in [6.45, 7) is 13.3. The number of morpholine rings is 1. The Balaban J connectivity index is 0.00000380. The molecule has 200 valence electrons. The first-order chi connectivity index (χ1) is 17.3. The topological polar surface area (TPSA) is 92.0 Å². The van der Waals surface area contributed by atoms with Crippen molar-refractivity contribution >= 4 is 56.4 Å². The standard InChI is InChI=1S/C26H33N5O4S.ClH/c1-5-28(6-2)9-10-30(26-27-21-16-18(3)15-19(4)24(21)36-26)25(32)20-7-8-22(23(17-20)31(33)34)29-11-13-35-14-12-29;/h7-8,15-17H,5-6,9-14H2,1-4H3;1H. The quantitative estimate of drug-likeness (QED) is 0.273. The van der Waals surface area contributed by atoms with E-state index in [2.05, 4.69) is 24.8 Å². The van der Waals surface area contributed by atoms with Crippen molar-refractivity contribution in [3.63, 3.8) is 0 Å². The average molecular weight is 548 g/mol. The van der Waals surface area contributed by atoms with Crippen LogP contribution in [0.1, 0.15) is 35.3 Å². The minimum Gasteiger partial charge on any atom is -0.378 e. The maximum atomic E-state index is 13.8. The number of aryl methyl sites for hydroxylation is 2. The van der Waals surface area contributed by atoms with E-state index in [0.717, 1.165) is 34.4 Å². The van der Waals surface area contributed by atoms with Gasteiger partial charge in [-0.15, -0.1) is 12.4 Å². The third kappa shape index (κ3) is 6.38. The first kappa shape index (κ1) is 28.8. The van der Waals surface area contributed by atoms with E-state index >= 15 is 0 Å². The SMILES string of the molecule is CCN(CC)CCN(C(=O)c1ccc(N2CCOCC2)c([N+](=O)[O-])c1)c1nc2cc(C)cc(C)c2s1.Cl. The molecule has 2 aromatic carbocycles. The van der Waals surface area contributed by atoms with Crippen molar-refractivity contribution in [1.82, 2.24) is 9.88 Å². The molecule has 1 saturated heterocycles. The van der Waals surface area contributed by atoms with E-state index in [1.165, 1.54) is 17.4 Å². The molecule has 0 unspecified atom stereocenters. The van der Waals surface area contributed by atoms with Crippen LogP contribution in [0.4, 0.5) is 16.5 Å². The van der Waals surface area contributed by atoms with Gasteiger partial charge in [0.1, 0.15) is 5.69 Å². The number of likely N-dealkylation sites (N-methyl/N-ethyl adjacent to an activating group) is 1. The summed E-state index contributed by atoms with van der Waals surface area (Å²) in [6.07, 6.45) is 0. The van der Waals surface area contributed by atoms with Crippen molar-refractivity contribution in [1.29, 1.82) is 0 Å². The Kier molecular flexibility index (Phi) is 9.83. The largest absolute Gasteiger partial charge is 0.378 e. The van der Waals surface area contributed by atoms with E-state index in [1.54, 1.807) is 17.0 Å². The third-order valence-corrected chi connectivity index (χ3v) is 7.82. The highest BCUT2D eigenvalue weighted by atomic mass is 35.5. The molecule has 2 heterocycles. The summed E-state index contributed by atoms with van der Waals surface area (Å²) in [4.78, 5) is 36.1. The zero-order chi connectivity index (χ0) is 25.8. The number of rotatable bonds is 9. The molecule has 0 N–H and O–H groups in total. The second-order valence-electron chi connectivity index (χ2n) is 8.97. The van der Waals surface area contributed by atoms with Crippen LogP contribution in [-0.4, -0.2) is 73.2 Å². The number of thiazole rings is 1. The Bertz CT molecular complexity index is 1260.